The first-order valence-electron chi connectivity index (χ1n) is 8.75. The van der Waals surface area contributed by atoms with Crippen molar-refractivity contribution in [2.75, 3.05) is 31.9 Å². The fraction of sp³-hybridized carbons (Fsp3) is 0.556. The smallest absolute Gasteiger partial charge is 0.252 e. The van der Waals surface area contributed by atoms with Crippen LogP contribution in [0.5, 0.6) is 0 Å². The van der Waals surface area contributed by atoms with Crippen molar-refractivity contribution in [3.8, 4) is 0 Å². The fourth-order valence-corrected chi connectivity index (χ4v) is 4.17. The number of hydrogen-bond donors (Lipinski definition) is 2. The Balaban J connectivity index is 0.00000225. The molecule has 2 saturated heterocycles. The number of nitrogens with one attached hydrogen (secondary N) is 2. The summed E-state index contributed by atoms with van der Waals surface area (Å²) < 4.78 is 0. The van der Waals surface area contributed by atoms with E-state index in [2.05, 4.69) is 10.6 Å². The van der Waals surface area contributed by atoms with E-state index in [1.54, 1.807) is 0 Å². The van der Waals surface area contributed by atoms with Gasteiger partial charge in [-0.1, -0.05) is 12.1 Å². The zero-order valence-corrected chi connectivity index (χ0v) is 16.0. The van der Waals surface area contributed by atoms with Crippen molar-refractivity contribution in [3.05, 3.63) is 29.8 Å². The van der Waals surface area contributed by atoms with E-state index in [9.17, 15) is 9.59 Å². The van der Waals surface area contributed by atoms with Gasteiger partial charge < -0.3 is 15.5 Å². The van der Waals surface area contributed by atoms with Crippen LogP contribution in [0.3, 0.4) is 0 Å². The quantitative estimate of drug-likeness (QED) is 0.766. The van der Waals surface area contributed by atoms with Crippen LogP contribution in [0.2, 0.25) is 0 Å². The number of carbonyl (C=O) groups excluding carboxylic acids is 2. The molecule has 2 fully saturated rings. The van der Waals surface area contributed by atoms with E-state index in [1.165, 1.54) is 11.8 Å². The maximum atomic E-state index is 12.6. The summed E-state index contributed by atoms with van der Waals surface area (Å²) >= 11 is 1.46. The molecule has 138 valence electrons. The van der Waals surface area contributed by atoms with Gasteiger partial charge in [-0.15, -0.1) is 24.2 Å². The number of piperidine rings is 1. The van der Waals surface area contributed by atoms with Crippen LogP contribution in [0.1, 0.15) is 36.0 Å². The molecular weight excluding hydrogens is 358 g/mol. The minimum atomic E-state index is -0.0413. The Bertz CT molecular complexity index is 587. The van der Waals surface area contributed by atoms with Crippen LogP contribution in [-0.2, 0) is 4.79 Å². The molecule has 1 aromatic rings. The predicted octanol–water partition coefficient (Wildman–Crippen LogP) is 2.30. The van der Waals surface area contributed by atoms with E-state index in [0.29, 0.717) is 11.3 Å². The van der Waals surface area contributed by atoms with Crippen LogP contribution in [0.4, 0.5) is 0 Å². The Morgan fingerprint density at radius 3 is 2.68 bits per heavy atom. The minimum absolute atomic E-state index is 0. The van der Waals surface area contributed by atoms with Crippen LogP contribution < -0.4 is 10.6 Å². The molecule has 5 nitrogen and oxygen atoms in total. The van der Waals surface area contributed by atoms with Gasteiger partial charge in [0.2, 0.25) is 5.91 Å². The van der Waals surface area contributed by atoms with Crippen molar-refractivity contribution < 1.29 is 9.59 Å². The van der Waals surface area contributed by atoms with Crippen LogP contribution in [0.25, 0.3) is 0 Å². The van der Waals surface area contributed by atoms with E-state index in [-0.39, 0.29) is 30.3 Å². The Morgan fingerprint density at radius 1 is 1.20 bits per heavy atom. The summed E-state index contributed by atoms with van der Waals surface area (Å²) in [5.41, 5.74) is 0.669. The van der Waals surface area contributed by atoms with Crippen molar-refractivity contribution in [1.29, 1.82) is 0 Å². The van der Waals surface area contributed by atoms with Gasteiger partial charge in [-0.2, -0.15) is 0 Å². The van der Waals surface area contributed by atoms with Crippen LogP contribution in [-0.4, -0.2) is 54.7 Å². The SMILES string of the molecule is Cl.O=C(N[C@H]1CCCNC1)c1ccccc1SCC(=O)N1CCCC1. The standard InChI is InChI=1S/C18H25N3O2S.ClH/c22-17(21-10-3-4-11-21)13-24-16-8-2-1-7-15(16)18(23)20-14-6-5-9-19-12-14;/h1-2,7-8,14,19H,3-6,9-13H2,(H,20,23);1H/t14-;/m0./s1. The van der Waals surface area contributed by atoms with Gasteiger partial charge in [-0.3, -0.25) is 9.59 Å². The average Bonchev–Trinajstić information content (AvgIpc) is 3.15. The molecule has 0 aromatic heterocycles. The molecule has 2 amide bonds. The second-order valence-electron chi connectivity index (χ2n) is 6.39. The van der Waals surface area contributed by atoms with Gasteiger partial charge in [0.15, 0.2) is 0 Å². The molecule has 1 aromatic carbocycles. The second-order valence-corrected chi connectivity index (χ2v) is 7.41. The summed E-state index contributed by atoms with van der Waals surface area (Å²) in [6.45, 7) is 3.60. The van der Waals surface area contributed by atoms with E-state index in [1.807, 2.05) is 29.2 Å². The van der Waals surface area contributed by atoms with Gasteiger partial charge in [-0.05, 0) is 44.4 Å². The lowest BCUT2D eigenvalue weighted by Crippen LogP contribution is -2.45. The van der Waals surface area contributed by atoms with Crippen LogP contribution >= 0.6 is 24.2 Å². The molecule has 0 aliphatic carbocycles. The third-order valence-corrected chi connectivity index (χ3v) is 5.63. The summed E-state index contributed by atoms with van der Waals surface area (Å²) in [7, 11) is 0. The Hall–Kier alpha value is -1.24. The zero-order valence-electron chi connectivity index (χ0n) is 14.3. The maximum absolute atomic E-state index is 12.6. The molecular formula is C18H26ClN3O2S. The van der Waals surface area contributed by atoms with Gasteiger partial charge in [0.1, 0.15) is 0 Å². The summed E-state index contributed by atoms with van der Waals surface area (Å²) in [6.07, 6.45) is 4.31. The van der Waals surface area contributed by atoms with E-state index < -0.39 is 0 Å². The summed E-state index contributed by atoms with van der Waals surface area (Å²) in [6, 6.07) is 7.75. The molecule has 0 spiro atoms. The Morgan fingerprint density at radius 2 is 1.96 bits per heavy atom. The van der Waals surface area contributed by atoms with Gasteiger partial charge in [0.05, 0.1) is 11.3 Å². The lowest BCUT2D eigenvalue weighted by atomic mass is 10.1. The van der Waals surface area contributed by atoms with Crippen molar-refractivity contribution in [1.82, 2.24) is 15.5 Å². The molecule has 0 bridgehead atoms. The third-order valence-electron chi connectivity index (χ3n) is 4.57. The summed E-state index contributed by atoms with van der Waals surface area (Å²) in [5, 5.41) is 6.42. The average molecular weight is 384 g/mol. The maximum Gasteiger partial charge on any atom is 0.252 e. The number of benzene rings is 1. The summed E-state index contributed by atoms with van der Waals surface area (Å²) in [5.74, 6) is 0.527. The Labute approximate surface area is 159 Å². The van der Waals surface area contributed by atoms with E-state index in [4.69, 9.17) is 0 Å². The summed E-state index contributed by atoms with van der Waals surface area (Å²) in [4.78, 5) is 27.6. The molecule has 3 rings (SSSR count). The lowest BCUT2D eigenvalue weighted by Gasteiger charge is -2.24. The van der Waals surface area contributed by atoms with Crippen molar-refractivity contribution >= 4 is 36.0 Å². The molecule has 0 radical (unpaired) electrons. The number of rotatable bonds is 5. The molecule has 2 aliphatic heterocycles. The molecule has 2 N–H and O–H groups in total. The third kappa shape index (κ3) is 5.62. The van der Waals surface area contributed by atoms with Crippen molar-refractivity contribution in [2.24, 2.45) is 0 Å². The molecule has 0 unspecified atom stereocenters. The molecule has 2 heterocycles. The minimum Gasteiger partial charge on any atom is -0.348 e. The number of hydrogen-bond acceptors (Lipinski definition) is 4. The molecule has 0 saturated carbocycles. The number of halogens is 1. The largest absolute Gasteiger partial charge is 0.348 e. The lowest BCUT2D eigenvalue weighted by molar-refractivity contribution is -0.127. The molecule has 2 aliphatic rings. The number of amides is 2. The van der Waals surface area contributed by atoms with Crippen LogP contribution in [0, 0.1) is 0 Å². The highest BCUT2D eigenvalue weighted by atomic mass is 35.5. The number of thioether (sulfide) groups is 1. The molecule has 25 heavy (non-hydrogen) atoms. The van der Waals surface area contributed by atoms with Gasteiger partial charge in [0.25, 0.3) is 5.91 Å². The topological polar surface area (TPSA) is 61.4 Å². The number of nitrogens with zero attached hydrogens (tertiary/aromatic N) is 1. The number of carbonyl (C=O) groups is 2. The first kappa shape index (κ1) is 20.1. The highest BCUT2D eigenvalue weighted by molar-refractivity contribution is 8.00. The molecule has 1 atom stereocenters. The van der Waals surface area contributed by atoms with E-state index >= 15 is 0 Å². The highest BCUT2D eigenvalue weighted by Crippen LogP contribution is 2.24. The van der Waals surface area contributed by atoms with Crippen LogP contribution in [0.15, 0.2) is 29.2 Å². The normalized spacial score (nSPS) is 20.0. The van der Waals surface area contributed by atoms with Gasteiger partial charge in [-0.25, -0.2) is 0 Å². The van der Waals surface area contributed by atoms with Crippen molar-refractivity contribution in [3.63, 3.8) is 0 Å². The van der Waals surface area contributed by atoms with Crippen molar-refractivity contribution in [2.45, 2.75) is 36.6 Å². The first-order valence-corrected chi connectivity index (χ1v) is 9.74. The van der Waals surface area contributed by atoms with Gasteiger partial charge in [0, 0.05) is 30.6 Å². The number of likely N-dealkylation sites (tertiary alicyclic amines) is 1. The van der Waals surface area contributed by atoms with E-state index in [0.717, 1.165) is 56.8 Å². The van der Waals surface area contributed by atoms with Gasteiger partial charge >= 0.3 is 0 Å². The second kappa shape index (κ2) is 10.0. The monoisotopic (exact) mass is 383 g/mol. The highest BCUT2D eigenvalue weighted by Gasteiger charge is 2.21. The predicted molar refractivity (Wildman–Crippen MR) is 104 cm³/mol. The first-order chi connectivity index (χ1) is 11.7. The Kier molecular flexibility index (Phi) is 8.06. The zero-order chi connectivity index (χ0) is 16.8. The molecule has 7 heteroatoms. The fourth-order valence-electron chi connectivity index (χ4n) is 3.22.